The number of anilines is 1. The standard InChI is InChI=1S/C22H16BrN5O2/c1-11-8-14-18(16(23)9-11)26-21(29)22(14)15(10-24)19(25)30-20-17(22)12(2)27-28(20)13-6-4-3-5-7-13/h3-9H,25H2,1-2H3,(H,26,29)/t22-/m1/s1. The first-order valence-corrected chi connectivity index (χ1v) is 10.0. The SMILES string of the molecule is Cc1cc(Br)c2c(c1)[C@@]1(C(=O)N2)C(C#N)=C(N)Oc2c1c(C)nn2-c1ccccc1. The number of nitrogens with zero attached hydrogens (tertiary/aromatic N) is 3. The second-order valence-corrected chi connectivity index (χ2v) is 8.19. The van der Waals surface area contributed by atoms with Gasteiger partial charge in [0, 0.05) is 10.0 Å². The van der Waals surface area contributed by atoms with Crippen LogP contribution in [0.2, 0.25) is 0 Å². The van der Waals surface area contributed by atoms with Gasteiger partial charge in [0.1, 0.15) is 17.1 Å². The van der Waals surface area contributed by atoms with Gasteiger partial charge in [-0.15, -0.1) is 0 Å². The molecule has 1 aromatic heterocycles. The van der Waals surface area contributed by atoms with Gasteiger partial charge in [-0.2, -0.15) is 10.4 Å². The zero-order valence-corrected chi connectivity index (χ0v) is 17.7. The number of rotatable bonds is 1. The molecule has 2 aromatic carbocycles. The Balaban J connectivity index is 1.92. The topological polar surface area (TPSA) is 106 Å². The molecule has 2 aliphatic heterocycles. The molecule has 3 heterocycles. The van der Waals surface area contributed by atoms with Gasteiger partial charge in [-0.3, -0.25) is 4.79 Å². The Labute approximate surface area is 180 Å². The largest absolute Gasteiger partial charge is 0.422 e. The number of para-hydroxylation sites is 1. The smallest absolute Gasteiger partial charge is 0.245 e. The molecule has 0 unspecified atom stereocenters. The van der Waals surface area contributed by atoms with E-state index in [9.17, 15) is 10.1 Å². The average Bonchev–Trinajstić information content (AvgIpc) is 3.19. The third-order valence-corrected chi connectivity index (χ3v) is 6.18. The number of nitrogens with two attached hydrogens (primary N) is 1. The number of benzene rings is 2. The average molecular weight is 462 g/mol. The van der Waals surface area contributed by atoms with Gasteiger partial charge in [-0.1, -0.05) is 24.3 Å². The molecule has 0 aliphatic carbocycles. The number of ether oxygens (including phenoxy) is 1. The lowest BCUT2D eigenvalue weighted by Crippen LogP contribution is -2.42. The maximum atomic E-state index is 13.6. The summed E-state index contributed by atoms with van der Waals surface area (Å²) in [4.78, 5) is 13.6. The molecule has 148 valence electrons. The summed E-state index contributed by atoms with van der Waals surface area (Å²) in [6, 6.07) is 15.4. The Bertz CT molecular complexity index is 1320. The summed E-state index contributed by atoms with van der Waals surface area (Å²) in [7, 11) is 0. The summed E-state index contributed by atoms with van der Waals surface area (Å²) in [6.07, 6.45) is 0. The first-order chi connectivity index (χ1) is 14.4. The highest BCUT2D eigenvalue weighted by Crippen LogP contribution is 2.56. The third-order valence-electron chi connectivity index (χ3n) is 5.55. The Morgan fingerprint density at radius 2 is 2.00 bits per heavy atom. The van der Waals surface area contributed by atoms with Crippen LogP contribution >= 0.6 is 15.9 Å². The first-order valence-electron chi connectivity index (χ1n) is 9.25. The molecule has 7 nitrogen and oxygen atoms in total. The van der Waals surface area contributed by atoms with Gasteiger partial charge in [0.15, 0.2) is 0 Å². The lowest BCUT2D eigenvalue weighted by Gasteiger charge is -2.32. The minimum absolute atomic E-state index is 0.0551. The Morgan fingerprint density at radius 3 is 2.70 bits per heavy atom. The molecule has 0 fully saturated rings. The van der Waals surface area contributed by atoms with Crippen LogP contribution in [0, 0.1) is 25.2 Å². The number of aromatic nitrogens is 2. The first kappa shape index (κ1) is 18.5. The molecule has 30 heavy (non-hydrogen) atoms. The molecule has 5 rings (SSSR count). The Morgan fingerprint density at radius 1 is 1.27 bits per heavy atom. The number of amides is 1. The predicted molar refractivity (Wildman–Crippen MR) is 114 cm³/mol. The molecule has 1 spiro atoms. The van der Waals surface area contributed by atoms with Crippen molar-refractivity contribution >= 4 is 27.5 Å². The van der Waals surface area contributed by atoms with Gasteiger partial charge in [0.05, 0.1) is 22.6 Å². The summed E-state index contributed by atoms with van der Waals surface area (Å²) in [5.74, 6) is -0.137. The fourth-order valence-corrected chi connectivity index (χ4v) is 5.04. The van der Waals surface area contributed by atoms with Crippen molar-refractivity contribution in [1.82, 2.24) is 9.78 Å². The minimum atomic E-state index is -1.44. The number of halogens is 1. The van der Waals surface area contributed by atoms with Crippen LogP contribution in [0.15, 0.2) is 58.4 Å². The van der Waals surface area contributed by atoms with Crippen LogP contribution in [0.1, 0.15) is 22.4 Å². The molecule has 0 saturated heterocycles. The maximum absolute atomic E-state index is 13.6. The quantitative estimate of drug-likeness (QED) is 0.575. The van der Waals surface area contributed by atoms with E-state index in [1.165, 1.54) is 0 Å². The lowest BCUT2D eigenvalue weighted by molar-refractivity contribution is -0.118. The molecule has 8 heteroatoms. The number of nitriles is 1. The van der Waals surface area contributed by atoms with E-state index in [0.717, 1.165) is 15.7 Å². The number of carbonyl (C=O) groups excluding carboxylic acids is 1. The van der Waals surface area contributed by atoms with Crippen LogP contribution in [-0.4, -0.2) is 15.7 Å². The highest BCUT2D eigenvalue weighted by Gasteiger charge is 2.59. The fraction of sp³-hybridized carbons (Fsp3) is 0.136. The van der Waals surface area contributed by atoms with Crippen molar-refractivity contribution in [2.75, 3.05) is 5.32 Å². The lowest BCUT2D eigenvalue weighted by atomic mass is 9.69. The van der Waals surface area contributed by atoms with Gasteiger partial charge in [0.2, 0.25) is 17.7 Å². The normalized spacial score (nSPS) is 19.2. The van der Waals surface area contributed by atoms with Gasteiger partial charge in [0.25, 0.3) is 0 Å². The van der Waals surface area contributed by atoms with Gasteiger partial charge in [-0.25, -0.2) is 4.68 Å². The Hall–Kier alpha value is -3.57. The van der Waals surface area contributed by atoms with E-state index in [1.807, 2.05) is 49.4 Å². The van der Waals surface area contributed by atoms with E-state index in [1.54, 1.807) is 11.6 Å². The van der Waals surface area contributed by atoms with E-state index in [2.05, 4.69) is 32.4 Å². The van der Waals surface area contributed by atoms with Crippen LogP contribution < -0.4 is 15.8 Å². The van der Waals surface area contributed by atoms with Crippen molar-refractivity contribution in [1.29, 1.82) is 5.26 Å². The van der Waals surface area contributed by atoms with Crippen LogP contribution in [0.25, 0.3) is 5.69 Å². The van der Waals surface area contributed by atoms with E-state index >= 15 is 0 Å². The minimum Gasteiger partial charge on any atom is -0.422 e. The highest BCUT2D eigenvalue weighted by atomic mass is 79.9. The molecule has 3 aromatic rings. The van der Waals surface area contributed by atoms with Crippen molar-refractivity contribution in [2.45, 2.75) is 19.3 Å². The number of fused-ring (bicyclic) bond motifs is 4. The number of aryl methyl sites for hydroxylation is 2. The summed E-state index contributed by atoms with van der Waals surface area (Å²) in [6.45, 7) is 3.73. The predicted octanol–water partition coefficient (Wildman–Crippen LogP) is 3.58. The number of hydrogen-bond donors (Lipinski definition) is 2. The molecule has 1 atom stereocenters. The van der Waals surface area contributed by atoms with E-state index < -0.39 is 5.41 Å². The molecule has 0 bridgehead atoms. The van der Waals surface area contributed by atoms with Crippen LogP contribution in [-0.2, 0) is 10.2 Å². The monoisotopic (exact) mass is 461 g/mol. The number of carbonyl (C=O) groups is 1. The van der Waals surface area contributed by atoms with Gasteiger partial charge in [-0.05, 0) is 53.5 Å². The zero-order valence-electron chi connectivity index (χ0n) is 16.2. The van der Waals surface area contributed by atoms with Crippen molar-refractivity contribution in [3.63, 3.8) is 0 Å². The highest BCUT2D eigenvalue weighted by molar-refractivity contribution is 9.10. The van der Waals surface area contributed by atoms with Crippen LogP contribution in [0.5, 0.6) is 5.88 Å². The van der Waals surface area contributed by atoms with Crippen molar-refractivity contribution in [3.05, 3.63) is 80.8 Å². The number of hydrogen-bond acceptors (Lipinski definition) is 5. The third kappa shape index (κ3) is 2.18. The molecule has 1 amide bonds. The summed E-state index contributed by atoms with van der Waals surface area (Å²) in [5, 5.41) is 17.6. The Kier molecular flexibility index (Phi) is 3.82. The van der Waals surface area contributed by atoms with Crippen molar-refractivity contribution in [2.24, 2.45) is 5.73 Å². The second-order valence-electron chi connectivity index (χ2n) is 7.34. The van der Waals surface area contributed by atoms with Crippen molar-refractivity contribution in [3.8, 4) is 17.6 Å². The fourth-order valence-electron chi connectivity index (χ4n) is 4.37. The van der Waals surface area contributed by atoms with E-state index in [-0.39, 0.29) is 17.4 Å². The number of nitrogens with one attached hydrogen (secondary N) is 1. The van der Waals surface area contributed by atoms with E-state index in [4.69, 9.17) is 10.5 Å². The molecular weight excluding hydrogens is 446 g/mol. The summed E-state index contributed by atoms with van der Waals surface area (Å²) < 4.78 is 8.25. The van der Waals surface area contributed by atoms with Crippen molar-refractivity contribution < 1.29 is 9.53 Å². The molecule has 0 radical (unpaired) electrons. The van der Waals surface area contributed by atoms with Gasteiger partial charge < -0.3 is 15.8 Å². The molecule has 2 aliphatic rings. The second kappa shape index (κ2) is 6.21. The van der Waals surface area contributed by atoms with E-state index in [0.29, 0.717) is 28.4 Å². The molecular formula is C22H16BrN5O2. The summed E-state index contributed by atoms with van der Waals surface area (Å²) >= 11 is 3.54. The van der Waals surface area contributed by atoms with Crippen LogP contribution in [0.4, 0.5) is 5.69 Å². The summed E-state index contributed by atoms with van der Waals surface area (Å²) in [5.41, 5.74) is 8.89. The zero-order chi connectivity index (χ0) is 21.2. The molecule has 0 saturated carbocycles. The maximum Gasteiger partial charge on any atom is 0.245 e. The van der Waals surface area contributed by atoms with Crippen LogP contribution in [0.3, 0.4) is 0 Å². The molecule has 3 N–H and O–H groups in total. The van der Waals surface area contributed by atoms with Gasteiger partial charge >= 0.3 is 0 Å².